The van der Waals surface area contributed by atoms with Gasteiger partial charge in [0, 0.05) is 17.6 Å². The highest BCUT2D eigenvalue weighted by molar-refractivity contribution is 9.10. The van der Waals surface area contributed by atoms with E-state index < -0.39 is 10.0 Å². The van der Waals surface area contributed by atoms with Crippen LogP contribution in [0, 0.1) is 0 Å². The Morgan fingerprint density at radius 2 is 2.06 bits per heavy atom. The number of sulfonamides is 1. The van der Waals surface area contributed by atoms with E-state index in [1.54, 1.807) is 24.3 Å². The van der Waals surface area contributed by atoms with Gasteiger partial charge in [-0.15, -0.1) is 0 Å². The van der Waals surface area contributed by atoms with Crippen LogP contribution in [-0.4, -0.2) is 26.7 Å². The predicted molar refractivity (Wildman–Crippen MR) is 65.7 cm³/mol. The Labute approximate surface area is 104 Å². The monoisotopic (exact) mass is 307 g/mol. The number of unbranched alkanes of at least 4 members (excludes halogenated alkanes) is 1. The lowest BCUT2D eigenvalue weighted by molar-refractivity contribution is 0.285. The summed E-state index contributed by atoms with van der Waals surface area (Å²) in [6.45, 7) is 0.425. The summed E-state index contributed by atoms with van der Waals surface area (Å²) in [6, 6.07) is 6.53. The second kappa shape index (κ2) is 6.34. The van der Waals surface area contributed by atoms with Gasteiger partial charge in [0.25, 0.3) is 0 Å². The average Bonchev–Trinajstić information content (AvgIpc) is 2.24. The molecule has 0 aliphatic rings. The third-order valence-electron chi connectivity index (χ3n) is 1.98. The maximum Gasteiger partial charge on any atom is 0.240 e. The lowest BCUT2D eigenvalue weighted by atomic mass is 10.3. The Morgan fingerprint density at radius 1 is 1.31 bits per heavy atom. The van der Waals surface area contributed by atoms with E-state index in [0.29, 0.717) is 19.4 Å². The van der Waals surface area contributed by atoms with Gasteiger partial charge in [0.15, 0.2) is 0 Å². The molecule has 2 N–H and O–H groups in total. The van der Waals surface area contributed by atoms with Gasteiger partial charge in [-0.2, -0.15) is 0 Å². The Morgan fingerprint density at radius 3 is 2.69 bits per heavy atom. The van der Waals surface area contributed by atoms with Gasteiger partial charge in [-0.05, 0) is 31.0 Å². The quantitative estimate of drug-likeness (QED) is 0.783. The highest BCUT2D eigenvalue weighted by atomic mass is 79.9. The summed E-state index contributed by atoms with van der Waals surface area (Å²) in [4.78, 5) is 0.242. The molecule has 1 rings (SSSR count). The van der Waals surface area contributed by atoms with Crippen molar-refractivity contribution in [3.05, 3.63) is 28.7 Å². The van der Waals surface area contributed by atoms with Crippen molar-refractivity contribution in [3.8, 4) is 0 Å². The van der Waals surface area contributed by atoms with Crippen molar-refractivity contribution in [3.63, 3.8) is 0 Å². The summed E-state index contributed by atoms with van der Waals surface area (Å²) in [5.41, 5.74) is 0. The normalized spacial score (nSPS) is 11.6. The Balaban J connectivity index is 2.64. The molecule has 0 aromatic heterocycles. The van der Waals surface area contributed by atoms with Gasteiger partial charge in [-0.1, -0.05) is 22.0 Å². The molecule has 0 atom stereocenters. The fourth-order valence-corrected chi connectivity index (χ4v) is 2.83. The van der Waals surface area contributed by atoms with Crippen molar-refractivity contribution in [2.24, 2.45) is 0 Å². The van der Waals surface area contributed by atoms with E-state index in [2.05, 4.69) is 20.7 Å². The van der Waals surface area contributed by atoms with Gasteiger partial charge in [0.1, 0.15) is 0 Å². The molecule has 0 saturated heterocycles. The number of aliphatic hydroxyl groups is 1. The van der Waals surface area contributed by atoms with Crippen molar-refractivity contribution < 1.29 is 13.5 Å². The van der Waals surface area contributed by atoms with E-state index in [0.717, 1.165) is 4.47 Å². The standard InChI is InChI=1S/C10H14BrNO3S/c11-9-4-3-5-10(8-9)16(14,15)12-6-1-2-7-13/h3-5,8,12-13H,1-2,6-7H2. The maximum absolute atomic E-state index is 11.8. The van der Waals surface area contributed by atoms with Gasteiger partial charge in [0.05, 0.1) is 4.90 Å². The molecule has 6 heteroatoms. The molecule has 0 unspecified atom stereocenters. The van der Waals surface area contributed by atoms with Crippen LogP contribution in [0.5, 0.6) is 0 Å². The fourth-order valence-electron chi connectivity index (χ4n) is 1.16. The zero-order valence-corrected chi connectivity index (χ0v) is 11.1. The third-order valence-corrected chi connectivity index (χ3v) is 3.94. The van der Waals surface area contributed by atoms with Crippen molar-refractivity contribution in [2.75, 3.05) is 13.2 Å². The Hall–Kier alpha value is -0.430. The van der Waals surface area contributed by atoms with Crippen LogP contribution in [0.25, 0.3) is 0 Å². The average molecular weight is 308 g/mol. The molecule has 1 aromatic carbocycles. The first-order valence-electron chi connectivity index (χ1n) is 4.92. The van der Waals surface area contributed by atoms with Gasteiger partial charge < -0.3 is 5.11 Å². The number of hydrogen-bond donors (Lipinski definition) is 2. The smallest absolute Gasteiger partial charge is 0.240 e. The van der Waals surface area contributed by atoms with Gasteiger partial charge in [-0.3, -0.25) is 0 Å². The number of aliphatic hydroxyl groups excluding tert-OH is 1. The Bertz CT molecular complexity index is 433. The van der Waals surface area contributed by atoms with E-state index in [1.165, 1.54) is 0 Å². The molecular formula is C10H14BrNO3S. The molecule has 0 radical (unpaired) electrons. The second-order valence-corrected chi connectivity index (χ2v) is 5.97. The largest absolute Gasteiger partial charge is 0.396 e. The number of hydrogen-bond acceptors (Lipinski definition) is 3. The minimum atomic E-state index is -3.42. The molecule has 0 heterocycles. The van der Waals surface area contributed by atoms with E-state index in [9.17, 15) is 8.42 Å². The van der Waals surface area contributed by atoms with Crippen LogP contribution in [0.1, 0.15) is 12.8 Å². The number of halogens is 1. The van der Waals surface area contributed by atoms with Gasteiger partial charge in [0.2, 0.25) is 10.0 Å². The highest BCUT2D eigenvalue weighted by Crippen LogP contribution is 2.15. The van der Waals surface area contributed by atoms with Crippen LogP contribution in [0.4, 0.5) is 0 Å². The third kappa shape index (κ3) is 4.21. The van der Waals surface area contributed by atoms with E-state index >= 15 is 0 Å². The topological polar surface area (TPSA) is 66.4 Å². The zero-order valence-electron chi connectivity index (χ0n) is 8.69. The SMILES string of the molecule is O=S(=O)(NCCCCO)c1cccc(Br)c1. The number of rotatable bonds is 6. The molecule has 0 aliphatic heterocycles. The molecule has 0 bridgehead atoms. The minimum absolute atomic E-state index is 0.0820. The molecule has 0 fully saturated rings. The van der Waals surface area contributed by atoms with Crippen LogP contribution >= 0.6 is 15.9 Å². The van der Waals surface area contributed by atoms with E-state index in [4.69, 9.17) is 5.11 Å². The molecule has 0 spiro atoms. The lowest BCUT2D eigenvalue weighted by Gasteiger charge is -2.06. The molecule has 0 aliphatic carbocycles. The van der Waals surface area contributed by atoms with Crippen LogP contribution < -0.4 is 4.72 Å². The molecule has 4 nitrogen and oxygen atoms in total. The number of nitrogens with one attached hydrogen (secondary N) is 1. The minimum Gasteiger partial charge on any atom is -0.396 e. The maximum atomic E-state index is 11.8. The molecule has 16 heavy (non-hydrogen) atoms. The molecular weight excluding hydrogens is 294 g/mol. The van der Waals surface area contributed by atoms with E-state index in [1.807, 2.05) is 0 Å². The Kier molecular flexibility index (Phi) is 5.40. The van der Waals surface area contributed by atoms with Gasteiger partial charge in [-0.25, -0.2) is 13.1 Å². The number of benzene rings is 1. The van der Waals surface area contributed by atoms with Crippen molar-refractivity contribution >= 4 is 26.0 Å². The van der Waals surface area contributed by atoms with Gasteiger partial charge >= 0.3 is 0 Å². The van der Waals surface area contributed by atoms with Crippen LogP contribution in [0.3, 0.4) is 0 Å². The first-order valence-corrected chi connectivity index (χ1v) is 7.20. The summed E-state index contributed by atoms with van der Waals surface area (Å²) >= 11 is 3.22. The van der Waals surface area contributed by atoms with Crippen molar-refractivity contribution in [2.45, 2.75) is 17.7 Å². The lowest BCUT2D eigenvalue weighted by Crippen LogP contribution is -2.24. The van der Waals surface area contributed by atoms with Crippen LogP contribution in [0.15, 0.2) is 33.6 Å². The summed E-state index contributed by atoms with van der Waals surface area (Å²) in [7, 11) is -3.42. The molecule has 1 aromatic rings. The fraction of sp³-hybridized carbons (Fsp3) is 0.400. The highest BCUT2D eigenvalue weighted by Gasteiger charge is 2.12. The van der Waals surface area contributed by atoms with Crippen LogP contribution in [-0.2, 0) is 10.0 Å². The van der Waals surface area contributed by atoms with Crippen molar-refractivity contribution in [1.29, 1.82) is 0 Å². The van der Waals surface area contributed by atoms with Crippen LogP contribution in [0.2, 0.25) is 0 Å². The first kappa shape index (κ1) is 13.6. The zero-order chi connectivity index (χ0) is 12.0. The molecule has 0 saturated carbocycles. The molecule has 0 amide bonds. The summed E-state index contributed by atoms with van der Waals surface area (Å²) in [5.74, 6) is 0. The summed E-state index contributed by atoms with van der Waals surface area (Å²) in [5, 5.41) is 8.57. The summed E-state index contributed by atoms with van der Waals surface area (Å²) < 4.78 is 26.7. The molecule has 90 valence electrons. The predicted octanol–water partition coefficient (Wildman–Crippen LogP) is 1.50. The van der Waals surface area contributed by atoms with Crippen molar-refractivity contribution in [1.82, 2.24) is 4.72 Å². The summed E-state index contributed by atoms with van der Waals surface area (Å²) in [6.07, 6.45) is 1.23. The van der Waals surface area contributed by atoms with E-state index in [-0.39, 0.29) is 11.5 Å². The second-order valence-electron chi connectivity index (χ2n) is 3.29. The first-order chi connectivity index (χ1) is 7.56.